The van der Waals surface area contributed by atoms with Crippen LogP contribution in [-0.4, -0.2) is 94.3 Å². The van der Waals surface area contributed by atoms with Crippen molar-refractivity contribution < 1.29 is 22.7 Å². The minimum absolute atomic E-state index is 0.0442. The molecule has 1 aromatic heterocycles. The molecule has 2 aliphatic carbocycles. The Morgan fingerprint density at radius 2 is 1.73 bits per heavy atom. The molecule has 0 saturated heterocycles. The number of aromatic nitrogens is 1. The average molecular weight is 636 g/mol. The first-order chi connectivity index (χ1) is 21.4. The van der Waals surface area contributed by atoms with Gasteiger partial charge in [-0.3, -0.25) is 9.59 Å². The highest BCUT2D eigenvalue weighted by atomic mass is 32.2. The highest BCUT2D eigenvalue weighted by Gasteiger charge is 2.63. The van der Waals surface area contributed by atoms with Gasteiger partial charge in [0.2, 0.25) is 5.91 Å². The molecule has 2 unspecified atom stereocenters. The van der Waals surface area contributed by atoms with Crippen LogP contribution in [0.3, 0.4) is 0 Å². The van der Waals surface area contributed by atoms with E-state index in [-0.39, 0.29) is 17.4 Å². The fraction of sp³-hybridized carbons (Fsp3) is 0.529. The van der Waals surface area contributed by atoms with Gasteiger partial charge in [0.15, 0.2) is 0 Å². The Bertz CT molecular complexity index is 1760. The van der Waals surface area contributed by atoms with Crippen LogP contribution in [0.5, 0.6) is 5.75 Å². The van der Waals surface area contributed by atoms with Crippen molar-refractivity contribution in [2.45, 2.75) is 56.9 Å². The number of hydrogen-bond donors (Lipinski definition) is 1. The van der Waals surface area contributed by atoms with E-state index in [1.165, 1.54) is 26.1 Å². The van der Waals surface area contributed by atoms with E-state index in [1.54, 1.807) is 13.2 Å². The number of benzene rings is 2. The molecule has 11 heteroatoms. The smallest absolute Gasteiger partial charge is 0.303 e. The molecule has 3 aromatic rings. The summed E-state index contributed by atoms with van der Waals surface area (Å²) in [4.78, 5) is 31.6. The number of carbonyl (C=O) groups excluding carboxylic acids is 2. The Morgan fingerprint density at radius 1 is 1.00 bits per heavy atom. The lowest BCUT2D eigenvalue weighted by Crippen LogP contribution is -2.40. The summed E-state index contributed by atoms with van der Waals surface area (Å²) in [6, 6.07) is 11.8. The number of likely N-dealkylation sites (N-methyl/N-ethyl adjacent to an activating group) is 2. The van der Waals surface area contributed by atoms with Crippen molar-refractivity contribution in [1.29, 1.82) is 0 Å². The standard InChI is InChI=1S/C34H45N5O5S/c1-36(2)16-17-38(5)33(41)34-20-28(34)27-19-24(44-6)13-15-25(27)31-30(22-10-8-7-9-11-22)26-14-12-23(18-29(26)39(31)21-34)32(40)35-45(42,43)37(3)4/h12-15,18-19,22,28H,7-11,16-17,20-21H2,1-6H3,(H,35,40). The molecular weight excluding hydrogens is 590 g/mol. The summed E-state index contributed by atoms with van der Waals surface area (Å²) in [6.45, 7) is 1.88. The molecule has 10 nitrogen and oxygen atoms in total. The van der Waals surface area contributed by atoms with Crippen molar-refractivity contribution in [2.75, 3.05) is 55.4 Å². The van der Waals surface area contributed by atoms with Crippen LogP contribution in [0.1, 0.15) is 71.8 Å². The van der Waals surface area contributed by atoms with Gasteiger partial charge in [0.1, 0.15) is 5.75 Å². The van der Waals surface area contributed by atoms with Crippen LogP contribution in [0.2, 0.25) is 0 Å². The summed E-state index contributed by atoms with van der Waals surface area (Å²) >= 11 is 0. The maximum atomic E-state index is 14.4. The lowest BCUT2D eigenvalue weighted by molar-refractivity contribution is -0.136. The zero-order chi connectivity index (χ0) is 32.3. The first-order valence-corrected chi connectivity index (χ1v) is 17.3. The van der Waals surface area contributed by atoms with E-state index in [4.69, 9.17) is 4.74 Å². The number of rotatable bonds is 9. The summed E-state index contributed by atoms with van der Waals surface area (Å²) in [6.07, 6.45) is 6.45. The average Bonchev–Trinajstić information content (AvgIpc) is 3.69. The van der Waals surface area contributed by atoms with E-state index >= 15 is 0 Å². The lowest BCUT2D eigenvalue weighted by atomic mass is 9.81. The number of fused-ring (bicyclic) bond motifs is 7. The van der Waals surface area contributed by atoms with Crippen molar-refractivity contribution >= 4 is 32.9 Å². The van der Waals surface area contributed by atoms with Gasteiger partial charge in [-0.15, -0.1) is 0 Å². The Kier molecular flexibility index (Phi) is 8.24. The minimum Gasteiger partial charge on any atom is -0.497 e. The predicted molar refractivity (Wildman–Crippen MR) is 176 cm³/mol. The molecule has 2 atom stereocenters. The zero-order valence-corrected chi connectivity index (χ0v) is 28.0. The van der Waals surface area contributed by atoms with Gasteiger partial charge >= 0.3 is 10.2 Å². The molecule has 2 aromatic carbocycles. The van der Waals surface area contributed by atoms with Gasteiger partial charge in [-0.25, -0.2) is 4.72 Å². The molecule has 45 heavy (non-hydrogen) atoms. The zero-order valence-electron chi connectivity index (χ0n) is 27.2. The molecule has 0 radical (unpaired) electrons. The molecule has 6 rings (SSSR count). The van der Waals surface area contributed by atoms with E-state index in [9.17, 15) is 18.0 Å². The normalized spacial score (nSPS) is 21.2. The number of amides is 2. The Balaban J connectivity index is 1.56. The fourth-order valence-electron chi connectivity index (χ4n) is 7.52. The van der Waals surface area contributed by atoms with Crippen molar-refractivity contribution in [1.82, 2.24) is 23.4 Å². The predicted octanol–water partition coefficient (Wildman–Crippen LogP) is 4.41. The summed E-state index contributed by atoms with van der Waals surface area (Å²) in [5.41, 5.74) is 5.13. The Hall–Kier alpha value is -3.41. The first-order valence-electron chi connectivity index (χ1n) is 15.9. The van der Waals surface area contributed by atoms with Gasteiger partial charge in [0.25, 0.3) is 5.91 Å². The van der Waals surface area contributed by atoms with Crippen molar-refractivity contribution in [3.8, 4) is 17.0 Å². The second-order valence-electron chi connectivity index (χ2n) is 13.5. The number of carbonyl (C=O) groups is 2. The molecule has 242 valence electrons. The molecular formula is C34H45N5O5S. The largest absolute Gasteiger partial charge is 0.497 e. The third-order valence-corrected chi connectivity index (χ3v) is 11.5. The first kappa shape index (κ1) is 31.6. The van der Waals surface area contributed by atoms with Crippen molar-refractivity contribution in [3.05, 3.63) is 53.1 Å². The quantitative estimate of drug-likeness (QED) is 0.374. The number of hydrogen-bond acceptors (Lipinski definition) is 6. The summed E-state index contributed by atoms with van der Waals surface area (Å²) < 4.78 is 36.1. The molecule has 2 heterocycles. The molecule has 2 fully saturated rings. The Labute approximate surface area is 266 Å². The topological polar surface area (TPSA) is 104 Å². The van der Waals surface area contributed by atoms with Gasteiger partial charge in [0, 0.05) is 68.7 Å². The van der Waals surface area contributed by atoms with Crippen LogP contribution >= 0.6 is 0 Å². The highest BCUT2D eigenvalue weighted by molar-refractivity contribution is 7.87. The second-order valence-corrected chi connectivity index (χ2v) is 15.4. The van der Waals surface area contributed by atoms with Crippen LogP contribution in [-0.2, 0) is 21.5 Å². The third-order valence-electron chi connectivity index (χ3n) is 10.1. The van der Waals surface area contributed by atoms with Crippen molar-refractivity contribution in [2.24, 2.45) is 5.41 Å². The van der Waals surface area contributed by atoms with Gasteiger partial charge in [-0.1, -0.05) is 25.3 Å². The fourth-order valence-corrected chi connectivity index (χ4v) is 8.06. The van der Waals surface area contributed by atoms with Gasteiger partial charge < -0.3 is 19.1 Å². The molecule has 1 aliphatic heterocycles. The maximum absolute atomic E-state index is 14.4. The molecule has 2 saturated carbocycles. The maximum Gasteiger partial charge on any atom is 0.303 e. The lowest BCUT2D eigenvalue weighted by Gasteiger charge is -2.26. The number of nitrogens with one attached hydrogen (secondary N) is 1. The van der Waals surface area contributed by atoms with Crippen LogP contribution < -0.4 is 9.46 Å². The van der Waals surface area contributed by atoms with Crippen LogP contribution in [0.15, 0.2) is 36.4 Å². The number of nitrogens with zero attached hydrogens (tertiary/aromatic N) is 4. The van der Waals surface area contributed by atoms with E-state index in [2.05, 4.69) is 26.3 Å². The molecule has 2 amide bonds. The monoisotopic (exact) mass is 635 g/mol. The summed E-state index contributed by atoms with van der Waals surface area (Å²) in [7, 11) is 6.38. The molecule has 3 aliphatic rings. The van der Waals surface area contributed by atoms with Crippen LogP contribution in [0, 0.1) is 5.41 Å². The minimum atomic E-state index is -3.96. The van der Waals surface area contributed by atoms with Crippen LogP contribution in [0.25, 0.3) is 22.2 Å². The third kappa shape index (κ3) is 5.53. The summed E-state index contributed by atoms with van der Waals surface area (Å²) in [5.74, 6) is 0.612. The molecule has 0 bridgehead atoms. The van der Waals surface area contributed by atoms with Crippen molar-refractivity contribution in [3.63, 3.8) is 0 Å². The molecule has 1 N–H and O–H groups in total. The van der Waals surface area contributed by atoms with E-state index in [0.29, 0.717) is 19.0 Å². The van der Waals surface area contributed by atoms with E-state index in [0.717, 1.165) is 76.4 Å². The summed E-state index contributed by atoms with van der Waals surface area (Å²) in [5, 5.41) is 1.06. The van der Waals surface area contributed by atoms with Gasteiger partial charge in [-0.2, -0.15) is 12.7 Å². The second kappa shape index (κ2) is 11.7. The van der Waals surface area contributed by atoms with Gasteiger partial charge in [0.05, 0.1) is 18.2 Å². The molecule has 0 spiro atoms. The van der Waals surface area contributed by atoms with Gasteiger partial charge in [-0.05, 0) is 80.7 Å². The highest BCUT2D eigenvalue weighted by Crippen LogP contribution is 2.66. The van der Waals surface area contributed by atoms with E-state index in [1.807, 2.05) is 44.2 Å². The number of ether oxygens (including phenoxy) is 1. The van der Waals surface area contributed by atoms with Crippen LogP contribution in [0.4, 0.5) is 0 Å². The number of methoxy groups -OCH3 is 1. The Morgan fingerprint density at radius 3 is 2.40 bits per heavy atom. The SMILES string of the molecule is COc1ccc2c(c1)C1CC1(C(=O)N(C)CCN(C)C)Cn1c-2c(C2CCCCC2)c2ccc(C(=O)NS(=O)(=O)N(C)C)cc21. The van der Waals surface area contributed by atoms with E-state index < -0.39 is 21.5 Å².